The first-order valence-corrected chi connectivity index (χ1v) is 5.50. The van der Waals surface area contributed by atoms with Gasteiger partial charge in [-0.25, -0.2) is 13.9 Å². The lowest BCUT2D eigenvalue weighted by Gasteiger charge is -2.00. The Balaban J connectivity index is 2.09. The standard InChI is InChI=1S/C12H12FN3O2/c1-2-18-12(17)11-8-16(15-14-11)7-9-4-3-5-10(13)6-9/h3-6,8H,2,7H2,1H3. The van der Waals surface area contributed by atoms with Crippen LogP contribution in [0.2, 0.25) is 0 Å². The fraction of sp³-hybridized carbons (Fsp3) is 0.250. The minimum absolute atomic E-state index is 0.147. The van der Waals surface area contributed by atoms with E-state index >= 15 is 0 Å². The van der Waals surface area contributed by atoms with Crippen LogP contribution in [-0.4, -0.2) is 27.6 Å². The average molecular weight is 249 g/mol. The molecule has 0 saturated heterocycles. The lowest BCUT2D eigenvalue weighted by Crippen LogP contribution is -2.05. The molecule has 1 aromatic carbocycles. The number of benzene rings is 1. The summed E-state index contributed by atoms with van der Waals surface area (Å²) in [7, 11) is 0. The van der Waals surface area contributed by atoms with E-state index in [2.05, 4.69) is 10.3 Å². The van der Waals surface area contributed by atoms with Crippen LogP contribution in [0.1, 0.15) is 23.0 Å². The van der Waals surface area contributed by atoms with Crippen molar-refractivity contribution in [1.29, 1.82) is 0 Å². The summed E-state index contributed by atoms with van der Waals surface area (Å²) in [4.78, 5) is 11.4. The Bertz CT molecular complexity index is 554. The van der Waals surface area contributed by atoms with Crippen molar-refractivity contribution in [3.63, 3.8) is 0 Å². The summed E-state index contributed by atoms with van der Waals surface area (Å²) in [6.45, 7) is 2.36. The Morgan fingerprint density at radius 2 is 2.33 bits per heavy atom. The van der Waals surface area contributed by atoms with E-state index < -0.39 is 5.97 Å². The van der Waals surface area contributed by atoms with Gasteiger partial charge in [-0.15, -0.1) is 5.10 Å². The predicted molar refractivity (Wildman–Crippen MR) is 61.5 cm³/mol. The molecule has 0 saturated carbocycles. The second-order valence-electron chi connectivity index (χ2n) is 3.65. The van der Waals surface area contributed by atoms with E-state index in [0.717, 1.165) is 5.56 Å². The SMILES string of the molecule is CCOC(=O)c1cn(Cc2cccc(F)c2)nn1. The largest absolute Gasteiger partial charge is 0.461 e. The number of hydrogen-bond acceptors (Lipinski definition) is 4. The van der Waals surface area contributed by atoms with Gasteiger partial charge in [-0.1, -0.05) is 17.3 Å². The molecule has 1 aromatic heterocycles. The molecule has 2 aromatic rings. The number of carbonyl (C=O) groups is 1. The van der Waals surface area contributed by atoms with Crippen molar-refractivity contribution in [2.45, 2.75) is 13.5 Å². The van der Waals surface area contributed by atoms with E-state index in [9.17, 15) is 9.18 Å². The van der Waals surface area contributed by atoms with E-state index in [-0.39, 0.29) is 18.1 Å². The summed E-state index contributed by atoms with van der Waals surface area (Å²) in [5.74, 6) is -0.818. The molecule has 0 spiro atoms. The fourth-order valence-electron chi connectivity index (χ4n) is 1.50. The monoisotopic (exact) mass is 249 g/mol. The molecule has 0 atom stereocenters. The summed E-state index contributed by atoms with van der Waals surface area (Å²) >= 11 is 0. The first-order chi connectivity index (χ1) is 8.69. The fourth-order valence-corrected chi connectivity index (χ4v) is 1.50. The first kappa shape index (κ1) is 12.2. The smallest absolute Gasteiger partial charge is 0.360 e. The predicted octanol–water partition coefficient (Wildman–Crippen LogP) is 1.64. The number of aromatic nitrogens is 3. The van der Waals surface area contributed by atoms with Crippen LogP contribution < -0.4 is 0 Å². The van der Waals surface area contributed by atoms with Gasteiger partial charge in [0.25, 0.3) is 0 Å². The quantitative estimate of drug-likeness (QED) is 0.773. The van der Waals surface area contributed by atoms with Crippen molar-refractivity contribution in [3.8, 4) is 0 Å². The maximum Gasteiger partial charge on any atom is 0.360 e. The van der Waals surface area contributed by atoms with Gasteiger partial charge < -0.3 is 4.74 Å². The van der Waals surface area contributed by atoms with Gasteiger partial charge in [0.1, 0.15) is 5.82 Å². The normalized spacial score (nSPS) is 10.3. The second kappa shape index (κ2) is 5.39. The van der Waals surface area contributed by atoms with Crippen molar-refractivity contribution >= 4 is 5.97 Å². The highest BCUT2D eigenvalue weighted by Gasteiger charge is 2.11. The summed E-state index contributed by atoms with van der Waals surface area (Å²) in [5.41, 5.74) is 0.892. The Kier molecular flexibility index (Phi) is 3.66. The van der Waals surface area contributed by atoms with E-state index in [1.165, 1.54) is 23.0 Å². The lowest BCUT2D eigenvalue weighted by atomic mass is 10.2. The van der Waals surface area contributed by atoms with E-state index in [1.54, 1.807) is 19.1 Å². The van der Waals surface area contributed by atoms with Crippen molar-refractivity contribution in [3.05, 3.63) is 47.5 Å². The Morgan fingerprint density at radius 1 is 1.50 bits per heavy atom. The Hall–Kier alpha value is -2.24. The number of esters is 1. The minimum Gasteiger partial charge on any atom is -0.461 e. The van der Waals surface area contributed by atoms with Crippen LogP contribution in [0.25, 0.3) is 0 Å². The van der Waals surface area contributed by atoms with Gasteiger partial charge in [-0.2, -0.15) is 0 Å². The van der Waals surface area contributed by atoms with Crippen LogP contribution >= 0.6 is 0 Å². The summed E-state index contributed by atoms with van der Waals surface area (Å²) < 4.78 is 19.2. The third kappa shape index (κ3) is 2.91. The van der Waals surface area contributed by atoms with E-state index in [1.807, 2.05) is 0 Å². The molecule has 1 heterocycles. The zero-order chi connectivity index (χ0) is 13.0. The maximum atomic E-state index is 13.0. The molecule has 94 valence electrons. The van der Waals surface area contributed by atoms with Crippen molar-refractivity contribution in [2.24, 2.45) is 0 Å². The summed E-state index contributed by atoms with van der Waals surface area (Å²) in [5, 5.41) is 7.49. The highest BCUT2D eigenvalue weighted by atomic mass is 19.1. The molecule has 0 aliphatic carbocycles. The van der Waals surface area contributed by atoms with Crippen molar-refractivity contribution < 1.29 is 13.9 Å². The molecule has 0 bridgehead atoms. The number of rotatable bonds is 4. The molecule has 0 aliphatic rings. The lowest BCUT2D eigenvalue weighted by molar-refractivity contribution is 0.0519. The van der Waals surface area contributed by atoms with Crippen LogP contribution in [0, 0.1) is 5.82 Å². The van der Waals surface area contributed by atoms with Crippen LogP contribution in [0.15, 0.2) is 30.5 Å². The molecule has 0 amide bonds. The van der Waals surface area contributed by atoms with Crippen molar-refractivity contribution in [2.75, 3.05) is 6.61 Å². The molecule has 5 nitrogen and oxygen atoms in total. The van der Waals surface area contributed by atoms with Gasteiger partial charge in [-0.3, -0.25) is 0 Å². The Morgan fingerprint density at radius 3 is 3.06 bits per heavy atom. The van der Waals surface area contributed by atoms with Gasteiger partial charge in [0.2, 0.25) is 0 Å². The molecule has 0 radical (unpaired) electrons. The van der Waals surface area contributed by atoms with Crippen LogP contribution in [0.4, 0.5) is 4.39 Å². The molecule has 18 heavy (non-hydrogen) atoms. The highest BCUT2D eigenvalue weighted by Crippen LogP contribution is 2.06. The van der Waals surface area contributed by atoms with Gasteiger partial charge in [0.05, 0.1) is 19.3 Å². The van der Waals surface area contributed by atoms with Crippen LogP contribution in [0.5, 0.6) is 0 Å². The topological polar surface area (TPSA) is 57.0 Å². The maximum absolute atomic E-state index is 13.0. The average Bonchev–Trinajstić information content (AvgIpc) is 2.78. The Labute approximate surface area is 103 Å². The summed E-state index contributed by atoms with van der Waals surface area (Å²) in [6.07, 6.45) is 1.48. The molecular weight excluding hydrogens is 237 g/mol. The van der Waals surface area contributed by atoms with E-state index in [4.69, 9.17) is 4.74 Å². The van der Waals surface area contributed by atoms with Gasteiger partial charge in [-0.05, 0) is 24.6 Å². The zero-order valence-electron chi connectivity index (χ0n) is 9.84. The number of halogens is 1. The molecule has 6 heteroatoms. The molecule has 0 aliphatic heterocycles. The molecule has 0 fully saturated rings. The third-order valence-electron chi connectivity index (χ3n) is 2.26. The molecule has 0 N–H and O–H groups in total. The van der Waals surface area contributed by atoms with Gasteiger partial charge >= 0.3 is 5.97 Å². The van der Waals surface area contributed by atoms with Crippen molar-refractivity contribution in [1.82, 2.24) is 15.0 Å². The van der Waals surface area contributed by atoms with Gasteiger partial charge in [0, 0.05) is 0 Å². The number of nitrogens with zero attached hydrogens (tertiary/aromatic N) is 3. The van der Waals surface area contributed by atoms with Crippen LogP contribution in [0.3, 0.4) is 0 Å². The highest BCUT2D eigenvalue weighted by molar-refractivity contribution is 5.86. The molecule has 0 unspecified atom stereocenters. The number of carbonyl (C=O) groups excluding carboxylic acids is 1. The third-order valence-corrected chi connectivity index (χ3v) is 2.26. The molecule has 2 rings (SSSR count). The number of ether oxygens (including phenoxy) is 1. The zero-order valence-corrected chi connectivity index (χ0v) is 9.84. The van der Waals surface area contributed by atoms with E-state index in [0.29, 0.717) is 6.54 Å². The number of hydrogen-bond donors (Lipinski definition) is 0. The second-order valence-corrected chi connectivity index (χ2v) is 3.65. The molecular formula is C12H12FN3O2. The minimum atomic E-state index is -0.511. The van der Waals surface area contributed by atoms with Crippen LogP contribution in [-0.2, 0) is 11.3 Å². The summed E-state index contributed by atoms with van der Waals surface area (Å²) in [6, 6.07) is 6.17. The van der Waals surface area contributed by atoms with Gasteiger partial charge in [0.15, 0.2) is 5.69 Å². The first-order valence-electron chi connectivity index (χ1n) is 5.50.